The highest BCUT2D eigenvalue weighted by molar-refractivity contribution is 5.76. The Morgan fingerprint density at radius 3 is 2.68 bits per heavy atom. The van der Waals surface area contributed by atoms with Crippen molar-refractivity contribution < 1.29 is 9.32 Å². The molecule has 1 unspecified atom stereocenters. The number of carbonyl (C=O) groups excluding carboxylic acids is 1. The van der Waals surface area contributed by atoms with Crippen LogP contribution in [0.15, 0.2) is 53.3 Å². The smallest absolute Gasteiger partial charge is 0.240 e. The van der Waals surface area contributed by atoms with E-state index in [4.69, 9.17) is 4.52 Å². The van der Waals surface area contributed by atoms with Gasteiger partial charge in [0, 0.05) is 38.3 Å². The second-order valence-electron chi connectivity index (χ2n) is 7.00. The van der Waals surface area contributed by atoms with Gasteiger partial charge >= 0.3 is 0 Å². The van der Waals surface area contributed by atoms with Crippen LogP contribution in [0.3, 0.4) is 0 Å². The van der Waals surface area contributed by atoms with Crippen molar-refractivity contribution in [2.24, 2.45) is 0 Å². The molecule has 1 amide bonds. The molecule has 144 valence electrons. The van der Waals surface area contributed by atoms with Gasteiger partial charge in [-0.15, -0.1) is 0 Å². The largest absolute Gasteiger partial charge is 0.343 e. The van der Waals surface area contributed by atoms with Crippen molar-refractivity contribution in [1.82, 2.24) is 25.0 Å². The van der Waals surface area contributed by atoms with Crippen molar-refractivity contribution in [1.29, 1.82) is 0 Å². The van der Waals surface area contributed by atoms with E-state index < -0.39 is 0 Å². The van der Waals surface area contributed by atoms with Crippen LogP contribution >= 0.6 is 0 Å². The number of nitrogens with zero attached hydrogens (tertiary/aromatic N) is 5. The molecule has 0 saturated carbocycles. The highest BCUT2D eigenvalue weighted by Gasteiger charge is 2.22. The first-order valence-corrected chi connectivity index (χ1v) is 9.72. The molecule has 28 heavy (non-hydrogen) atoms. The maximum Gasteiger partial charge on any atom is 0.240 e. The van der Waals surface area contributed by atoms with E-state index in [9.17, 15) is 4.79 Å². The second kappa shape index (κ2) is 8.73. The van der Waals surface area contributed by atoms with Crippen LogP contribution in [0, 0.1) is 0 Å². The first kappa shape index (κ1) is 18.3. The molecule has 1 saturated heterocycles. The van der Waals surface area contributed by atoms with E-state index in [0.717, 1.165) is 32.4 Å². The van der Waals surface area contributed by atoms with Crippen LogP contribution in [0.1, 0.15) is 43.1 Å². The van der Waals surface area contributed by atoms with Crippen molar-refractivity contribution in [3.63, 3.8) is 0 Å². The van der Waals surface area contributed by atoms with Crippen molar-refractivity contribution in [2.75, 3.05) is 13.1 Å². The van der Waals surface area contributed by atoms with Crippen LogP contribution in [0.5, 0.6) is 0 Å². The SMILES string of the molecule is O=C(CCc1nc(-c2ncccn2)no1)N1CCCC(c2ccccc2)CC1. The Morgan fingerprint density at radius 2 is 1.86 bits per heavy atom. The number of rotatable bonds is 5. The molecule has 1 aliphatic rings. The van der Waals surface area contributed by atoms with E-state index in [0.29, 0.717) is 36.3 Å². The molecular formula is C21H23N5O2. The number of aryl methyl sites for hydroxylation is 1. The lowest BCUT2D eigenvalue weighted by Crippen LogP contribution is -2.32. The fraction of sp³-hybridized carbons (Fsp3) is 0.381. The van der Waals surface area contributed by atoms with E-state index in [2.05, 4.69) is 44.4 Å². The molecule has 0 N–H and O–H groups in total. The Hall–Kier alpha value is -3.09. The lowest BCUT2D eigenvalue weighted by Gasteiger charge is -2.20. The fourth-order valence-corrected chi connectivity index (χ4v) is 3.64. The first-order valence-electron chi connectivity index (χ1n) is 9.72. The minimum atomic E-state index is 0.143. The Morgan fingerprint density at radius 1 is 1.04 bits per heavy atom. The summed E-state index contributed by atoms with van der Waals surface area (Å²) >= 11 is 0. The number of carbonyl (C=O) groups is 1. The number of aromatic nitrogens is 4. The summed E-state index contributed by atoms with van der Waals surface area (Å²) in [6.45, 7) is 1.61. The van der Waals surface area contributed by atoms with Crippen molar-refractivity contribution >= 4 is 5.91 Å². The standard InChI is InChI=1S/C21H23N5O2/c27-19(10-9-18-24-21(25-28-18)20-22-12-5-13-23-20)26-14-4-8-17(11-15-26)16-6-2-1-3-7-16/h1-3,5-7,12-13,17H,4,8-11,14-15H2. The third-order valence-electron chi connectivity index (χ3n) is 5.14. The van der Waals surface area contributed by atoms with E-state index in [1.807, 2.05) is 11.0 Å². The molecular weight excluding hydrogens is 354 g/mol. The zero-order valence-corrected chi connectivity index (χ0v) is 15.7. The summed E-state index contributed by atoms with van der Waals surface area (Å²) in [5.41, 5.74) is 1.37. The summed E-state index contributed by atoms with van der Waals surface area (Å²) in [7, 11) is 0. The molecule has 7 nitrogen and oxygen atoms in total. The molecule has 0 spiro atoms. The van der Waals surface area contributed by atoms with Crippen LogP contribution in [0.2, 0.25) is 0 Å². The molecule has 1 fully saturated rings. The average molecular weight is 377 g/mol. The van der Waals surface area contributed by atoms with Gasteiger partial charge in [0.2, 0.25) is 23.4 Å². The zero-order valence-electron chi connectivity index (χ0n) is 15.7. The van der Waals surface area contributed by atoms with Crippen LogP contribution in [-0.4, -0.2) is 44.0 Å². The minimum Gasteiger partial charge on any atom is -0.343 e. The molecule has 1 atom stereocenters. The van der Waals surface area contributed by atoms with Gasteiger partial charge in [-0.1, -0.05) is 35.5 Å². The molecule has 1 aromatic carbocycles. The van der Waals surface area contributed by atoms with Crippen molar-refractivity contribution in [3.05, 3.63) is 60.2 Å². The minimum absolute atomic E-state index is 0.143. The molecule has 0 aliphatic carbocycles. The average Bonchev–Trinajstić information content (AvgIpc) is 3.09. The topological polar surface area (TPSA) is 85.0 Å². The second-order valence-corrected chi connectivity index (χ2v) is 7.00. The lowest BCUT2D eigenvalue weighted by atomic mass is 9.92. The molecule has 1 aliphatic heterocycles. The van der Waals surface area contributed by atoms with Gasteiger partial charge in [-0.3, -0.25) is 4.79 Å². The summed E-state index contributed by atoms with van der Waals surface area (Å²) in [6, 6.07) is 12.3. The Labute approximate surface area is 163 Å². The number of hydrogen-bond acceptors (Lipinski definition) is 6. The molecule has 2 aromatic heterocycles. The zero-order chi connectivity index (χ0) is 19.2. The van der Waals surface area contributed by atoms with Crippen LogP contribution < -0.4 is 0 Å². The predicted octanol–water partition coefficient (Wildman–Crippen LogP) is 3.26. The lowest BCUT2D eigenvalue weighted by molar-refractivity contribution is -0.131. The first-order chi connectivity index (χ1) is 13.8. The predicted molar refractivity (Wildman–Crippen MR) is 103 cm³/mol. The summed E-state index contributed by atoms with van der Waals surface area (Å²) < 4.78 is 5.24. The van der Waals surface area contributed by atoms with E-state index in [1.54, 1.807) is 18.5 Å². The molecule has 4 rings (SSSR count). The third-order valence-corrected chi connectivity index (χ3v) is 5.14. The van der Waals surface area contributed by atoms with E-state index >= 15 is 0 Å². The normalized spacial score (nSPS) is 17.3. The van der Waals surface area contributed by atoms with Crippen LogP contribution in [-0.2, 0) is 11.2 Å². The Kier molecular flexibility index (Phi) is 5.70. The van der Waals surface area contributed by atoms with Crippen LogP contribution in [0.25, 0.3) is 11.6 Å². The number of amides is 1. The van der Waals surface area contributed by atoms with Gasteiger partial charge in [-0.05, 0) is 36.8 Å². The van der Waals surface area contributed by atoms with Gasteiger partial charge in [0.25, 0.3) is 0 Å². The number of likely N-dealkylation sites (tertiary alicyclic amines) is 1. The summed E-state index contributed by atoms with van der Waals surface area (Å²) in [5, 5.41) is 3.90. The van der Waals surface area contributed by atoms with Gasteiger partial charge < -0.3 is 9.42 Å². The van der Waals surface area contributed by atoms with E-state index in [1.165, 1.54) is 5.56 Å². The molecule has 7 heteroatoms. The molecule has 3 heterocycles. The number of hydrogen-bond donors (Lipinski definition) is 0. The Balaban J connectivity index is 1.30. The summed E-state index contributed by atoms with van der Waals surface area (Å²) in [5.74, 6) is 1.88. The molecule has 0 bridgehead atoms. The fourth-order valence-electron chi connectivity index (χ4n) is 3.64. The maximum absolute atomic E-state index is 12.7. The molecule has 3 aromatic rings. The Bertz CT molecular complexity index is 897. The monoisotopic (exact) mass is 377 g/mol. The number of benzene rings is 1. The van der Waals surface area contributed by atoms with Gasteiger partial charge in [-0.2, -0.15) is 4.98 Å². The van der Waals surface area contributed by atoms with E-state index in [-0.39, 0.29) is 5.91 Å². The maximum atomic E-state index is 12.7. The quantitative estimate of drug-likeness (QED) is 0.678. The van der Waals surface area contributed by atoms with Gasteiger partial charge in [0.05, 0.1) is 0 Å². The van der Waals surface area contributed by atoms with Crippen LogP contribution in [0.4, 0.5) is 0 Å². The van der Waals surface area contributed by atoms with Crippen molar-refractivity contribution in [2.45, 2.75) is 38.0 Å². The third kappa shape index (κ3) is 4.42. The van der Waals surface area contributed by atoms with Gasteiger partial charge in [0.15, 0.2) is 0 Å². The van der Waals surface area contributed by atoms with Gasteiger partial charge in [-0.25, -0.2) is 9.97 Å². The van der Waals surface area contributed by atoms with Crippen molar-refractivity contribution in [3.8, 4) is 11.6 Å². The summed E-state index contributed by atoms with van der Waals surface area (Å²) in [4.78, 5) is 27.1. The molecule has 0 radical (unpaired) electrons. The summed E-state index contributed by atoms with van der Waals surface area (Å²) in [6.07, 6.45) is 7.21. The highest BCUT2D eigenvalue weighted by Crippen LogP contribution is 2.28. The highest BCUT2D eigenvalue weighted by atomic mass is 16.5. The van der Waals surface area contributed by atoms with Gasteiger partial charge in [0.1, 0.15) is 0 Å².